The maximum Gasteiger partial charge on any atom is 0.0211 e. The topological polar surface area (TPSA) is 12.0 Å². The maximum atomic E-state index is 3.29. The van der Waals surface area contributed by atoms with Crippen LogP contribution in [0.25, 0.3) is 0 Å². The summed E-state index contributed by atoms with van der Waals surface area (Å²) in [6.45, 7) is 2.10. The molecule has 0 unspecified atom stereocenters. The predicted molar refractivity (Wildman–Crippen MR) is 37.0 cm³/mol. The number of rotatable bonds is 0. The molecular weight excluding hydrogens is 169 g/mol. The van der Waals surface area contributed by atoms with Crippen molar-refractivity contribution in [2.24, 2.45) is 0 Å². The Labute approximate surface area is 70.8 Å². The molecular formula is C8H9NNi. The first kappa shape index (κ1) is 7.78. The van der Waals surface area contributed by atoms with Crippen molar-refractivity contribution in [2.75, 3.05) is 0 Å². The minimum atomic E-state index is 0. The van der Waals surface area contributed by atoms with E-state index in [-0.39, 0.29) is 16.5 Å². The van der Waals surface area contributed by atoms with E-state index in [4.69, 9.17) is 0 Å². The summed E-state index contributed by atoms with van der Waals surface area (Å²) in [6.07, 6.45) is 0. The van der Waals surface area contributed by atoms with Crippen LogP contribution in [0.4, 0.5) is 0 Å². The molecule has 10 heavy (non-hydrogen) atoms. The molecule has 1 aromatic rings. The van der Waals surface area contributed by atoms with E-state index in [1.54, 1.807) is 0 Å². The van der Waals surface area contributed by atoms with Gasteiger partial charge in [0, 0.05) is 29.6 Å². The van der Waals surface area contributed by atoms with E-state index < -0.39 is 0 Å². The van der Waals surface area contributed by atoms with Crippen LogP contribution in [-0.4, -0.2) is 0 Å². The van der Waals surface area contributed by atoms with E-state index in [9.17, 15) is 0 Å². The van der Waals surface area contributed by atoms with Crippen LogP contribution >= 0.6 is 0 Å². The Morgan fingerprint density at radius 3 is 2.00 bits per heavy atom. The van der Waals surface area contributed by atoms with Gasteiger partial charge in [-0.3, -0.25) is 0 Å². The van der Waals surface area contributed by atoms with Crippen LogP contribution in [0.15, 0.2) is 24.3 Å². The Kier molecular flexibility index (Phi) is 2.47. The fraction of sp³-hybridized carbons (Fsp3) is 0.250. The van der Waals surface area contributed by atoms with Gasteiger partial charge in [-0.25, -0.2) is 0 Å². The zero-order chi connectivity index (χ0) is 6.10. The molecule has 0 radical (unpaired) electrons. The monoisotopic (exact) mass is 177 g/mol. The van der Waals surface area contributed by atoms with Crippen molar-refractivity contribution in [3.05, 3.63) is 35.4 Å². The zero-order valence-electron chi connectivity index (χ0n) is 5.54. The molecule has 1 aromatic carbocycles. The van der Waals surface area contributed by atoms with Gasteiger partial charge in [-0.2, -0.15) is 0 Å². The SMILES string of the molecule is [Ni].c1ccc2c(c1)CNC2. The predicted octanol–water partition coefficient (Wildman–Crippen LogP) is 1.29. The minimum absolute atomic E-state index is 0. The van der Waals surface area contributed by atoms with Gasteiger partial charge in [0.15, 0.2) is 0 Å². The summed E-state index contributed by atoms with van der Waals surface area (Å²) in [5.74, 6) is 0. The van der Waals surface area contributed by atoms with Crippen molar-refractivity contribution in [1.29, 1.82) is 0 Å². The van der Waals surface area contributed by atoms with Gasteiger partial charge in [0.2, 0.25) is 0 Å². The molecule has 0 spiro atoms. The van der Waals surface area contributed by atoms with Gasteiger partial charge >= 0.3 is 0 Å². The van der Waals surface area contributed by atoms with Crippen molar-refractivity contribution >= 4 is 0 Å². The first-order valence-electron chi connectivity index (χ1n) is 3.24. The molecule has 1 aliphatic heterocycles. The number of fused-ring (bicyclic) bond motifs is 1. The number of nitrogens with one attached hydrogen (secondary N) is 1. The molecule has 1 heterocycles. The Morgan fingerprint density at radius 2 is 1.50 bits per heavy atom. The summed E-state index contributed by atoms with van der Waals surface area (Å²) >= 11 is 0. The van der Waals surface area contributed by atoms with Gasteiger partial charge in [-0.1, -0.05) is 24.3 Å². The molecule has 0 amide bonds. The molecule has 0 bridgehead atoms. The molecule has 1 aliphatic rings. The third-order valence-corrected chi connectivity index (χ3v) is 1.75. The summed E-state index contributed by atoms with van der Waals surface area (Å²) in [5.41, 5.74) is 2.91. The number of hydrogen-bond donors (Lipinski definition) is 1. The third kappa shape index (κ3) is 1.23. The number of hydrogen-bond acceptors (Lipinski definition) is 1. The molecule has 0 aliphatic carbocycles. The second-order valence-electron chi connectivity index (χ2n) is 2.37. The molecule has 2 heteroatoms. The third-order valence-electron chi connectivity index (χ3n) is 1.75. The normalized spacial score (nSPS) is 14.0. The van der Waals surface area contributed by atoms with E-state index in [0.29, 0.717) is 0 Å². The van der Waals surface area contributed by atoms with Gasteiger partial charge in [0.25, 0.3) is 0 Å². The van der Waals surface area contributed by atoms with Crippen molar-refractivity contribution < 1.29 is 16.5 Å². The number of benzene rings is 1. The molecule has 0 saturated carbocycles. The summed E-state index contributed by atoms with van der Waals surface area (Å²) in [4.78, 5) is 0. The first-order chi connectivity index (χ1) is 4.47. The van der Waals surface area contributed by atoms with Gasteiger partial charge in [-0.05, 0) is 11.1 Å². The van der Waals surface area contributed by atoms with Crippen molar-refractivity contribution in [1.82, 2.24) is 5.32 Å². The molecule has 0 saturated heterocycles. The van der Waals surface area contributed by atoms with Gasteiger partial charge in [0.1, 0.15) is 0 Å². The second-order valence-corrected chi connectivity index (χ2v) is 2.37. The van der Waals surface area contributed by atoms with Crippen LogP contribution in [0.5, 0.6) is 0 Å². The fourth-order valence-electron chi connectivity index (χ4n) is 1.23. The Morgan fingerprint density at radius 1 is 1.00 bits per heavy atom. The fourth-order valence-corrected chi connectivity index (χ4v) is 1.23. The Hall–Kier alpha value is -0.326. The summed E-state index contributed by atoms with van der Waals surface area (Å²) < 4.78 is 0. The average molecular weight is 178 g/mol. The second kappa shape index (κ2) is 3.18. The van der Waals surface area contributed by atoms with Crippen molar-refractivity contribution in [2.45, 2.75) is 13.1 Å². The Balaban J connectivity index is 0.000000500. The van der Waals surface area contributed by atoms with Gasteiger partial charge in [-0.15, -0.1) is 0 Å². The zero-order valence-corrected chi connectivity index (χ0v) is 6.53. The van der Waals surface area contributed by atoms with Crippen LogP contribution in [0, 0.1) is 0 Å². The van der Waals surface area contributed by atoms with Crippen LogP contribution in [0.2, 0.25) is 0 Å². The molecule has 1 nitrogen and oxygen atoms in total. The smallest absolute Gasteiger partial charge is 0.0211 e. The van der Waals surface area contributed by atoms with Gasteiger partial charge in [0.05, 0.1) is 0 Å². The molecule has 2 rings (SSSR count). The van der Waals surface area contributed by atoms with E-state index in [0.717, 1.165) is 13.1 Å². The van der Waals surface area contributed by atoms with Crippen molar-refractivity contribution in [3.8, 4) is 0 Å². The molecule has 0 fully saturated rings. The van der Waals surface area contributed by atoms with Crippen LogP contribution in [0.3, 0.4) is 0 Å². The van der Waals surface area contributed by atoms with Crippen molar-refractivity contribution in [3.63, 3.8) is 0 Å². The molecule has 0 aromatic heterocycles. The summed E-state index contributed by atoms with van der Waals surface area (Å²) in [7, 11) is 0. The summed E-state index contributed by atoms with van der Waals surface area (Å²) in [6, 6.07) is 8.53. The quantitative estimate of drug-likeness (QED) is 0.590. The maximum absolute atomic E-state index is 3.29. The van der Waals surface area contributed by atoms with E-state index >= 15 is 0 Å². The van der Waals surface area contributed by atoms with Gasteiger partial charge < -0.3 is 5.32 Å². The van der Waals surface area contributed by atoms with E-state index in [2.05, 4.69) is 29.6 Å². The minimum Gasteiger partial charge on any atom is -0.309 e. The first-order valence-corrected chi connectivity index (χ1v) is 3.24. The molecule has 56 valence electrons. The van der Waals surface area contributed by atoms with Crippen LogP contribution < -0.4 is 5.32 Å². The molecule has 1 N–H and O–H groups in total. The average Bonchev–Trinajstić information content (AvgIpc) is 2.33. The standard InChI is InChI=1S/C8H9N.Ni/c1-2-4-8-6-9-5-7(8)3-1;/h1-4,9H,5-6H2;. The van der Waals surface area contributed by atoms with E-state index in [1.807, 2.05) is 0 Å². The molecule has 0 atom stereocenters. The summed E-state index contributed by atoms with van der Waals surface area (Å²) in [5, 5.41) is 3.29. The largest absolute Gasteiger partial charge is 0.309 e. The van der Waals surface area contributed by atoms with Crippen LogP contribution in [-0.2, 0) is 29.6 Å². The van der Waals surface area contributed by atoms with E-state index in [1.165, 1.54) is 11.1 Å². The Bertz CT molecular complexity index is 199. The van der Waals surface area contributed by atoms with Crippen LogP contribution in [0.1, 0.15) is 11.1 Å².